The number of rotatable bonds is 5. The van der Waals surface area contributed by atoms with Crippen molar-refractivity contribution in [2.24, 2.45) is 5.92 Å². The molecule has 3 rings (SSSR count). The lowest BCUT2D eigenvalue weighted by Crippen LogP contribution is -2.40. The van der Waals surface area contributed by atoms with Crippen LogP contribution >= 0.6 is 0 Å². The van der Waals surface area contributed by atoms with Crippen LogP contribution in [0.2, 0.25) is 0 Å². The van der Waals surface area contributed by atoms with Gasteiger partial charge in [-0.2, -0.15) is 0 Å². The normalized spacial score (nSPS) is 43.5. The van der Waals surface area contributed by atoms with Gasteiger partial charge in [0.2, 0.25) is 0 Å². The zero-order valence-corrected chi connectivity index (χ0v) is 11.7. The predicted molar refractivity (Wildman–Crippen MR) is 73.7 cm³/mol. The first-order valence-corrected chi connectivity index (χ1v) is 7.84. The van der Waals surface area contributed by atoms with Gasteiger partial charge in [0.1, 0.15) is 0 Å². The third-order valence-electron chi connectivity index (χ3n) is 5.10. The molecule has 3 aliphatic heterocycles. The third-order valence-corrected chi connectivity index (χ3v) is 5.10. The summed E-state index contributed by atoms with van der Waals surface area (Å²) in [6.45, 7) is 5.40. The highest BCUT2D eigenvalue weighted by atomic mass is 16.5. The highest BCUT2D eigenvalue weighted by Gasteiger charge is 2.33. The second-order valence-electron chi connectivity index (χ2n) is 6.84. The molecule has 0 spiro atoms. The minimum Gasteiger partial charge on any atom is -0.374 e. The third kappa shape index (κ3) is 3.06. The topological polar surface area (TPSA) is 33.3 Å². The molecule has 18 heavy (non-hydrogen) atoms. The second-order valence-corrected chi connectivity index (χ2v) is 6.84. The molecule has 3 heteroatoms. The Morgan fingerprint density at radius 2 is 2.06 bits per heavy atom. The van der Waals surface area contributed by atoms with Gasteiger partial charge in [0.05, 0.1) is 5.60 Å². The van der Waals surface area contributed by atoms with Crippen LogP contribution in [0.3, 0.4) is 0 Å². The van der Waals surface area contributed by atoms with Gasteiger partial charge < -0.3 is 15.4 Å². The number of piperidine rings is 1. The molecule has 3 atom stereocenters. The van der Waals surface area contributed by atoms with Crippen LogP contribution in [0, 0.1) is 5.92 Å². The summed E-state index contributed by atoms with van der Waals surface area (Å²) in [5, 5.41) is 7.34. The summed E-state index contributed by atoms with van der Waals surface area (Å²) in [7, 11) is 0. The standard InChI is InChI=1S/C15H28N2O/c1-15(6-2-8-18-15)11-16-7-5-12-9-13-3-4-14(10-12)17-13/h12-14,16-17H,2-11H2,1H3. The summed E-state index contributed by atoms with van der Waals surface area (Å²) >= 11 is 0. The first kappa shape index (κ1) is 12.9. The Bertz CT molecular complexity index is 264. The van der Waals surface area contributed by atoms with Gasteiger partial charge in [0.15, 0.2) is 0 Å². The SMILES string of the molecule is CC1(CNCCC2CC3CCC(C2)N3)CCCO1. The lowest BCUT2D eigenvalue weighted by Gasteiger charge is -2.30. The molecule has 3 nitrogen and oxygen atoms in total. The fourth-order valence-electron chi connectivity index (χ4n) is 4.05. The Hall–Kier alpha value is -0.120. The van der Waals surface area contributed by atoms with Crippen molar-refractivity contribution in [3.63, 3.8) is 0 Å². The lowest BCUT2D eigenvalue weighted by molar-refractivity contribution is 0.0207. The van der Waals surface area contributed by atoms with Crippen molar-refractivity contribution in [3.05, 3.63) is 0 Å². The van der Waals surface area contributed by atoms with Crippen molar-refractivity contribution in [2.75, 3.05) is 19.7 Å². The van der Waals surface area contributed by atoms with Gasteiger partial charge in [0, 0.05) is 25.2 Å². The molecular weight excluding hydrogens is 224 g/mol. The van der Waals surface area contributed by atoms with Crippen LogP contribution in [0.25, 0.3) is 0 Å². The monoisotopic (exact) mass is 252 g/mol. The molecule has 0 aromatic rings. The zero-order chi connectivity index (χ0) is 12.4. The van der Waals surface area contributed by atoms with Crippen molar-refractivity contribution < 1.29 is 4.74 Å². The van der Waals surface area contributed by atoms with Crippen LogP contribution in [0.4, 0.5) is 0 Å². The molecule has 2 N–H and O–H groups in total. The van der Waals surface area contributed by atoms with E-state index in [2.05, 4.69) is 17.6 Å². The minimum absolute atomic E-state index is 0.118. The van der Waals surface area contributed by atoms with E-state index in [1.165, 1.54) is 51.5 Å². The van der Waals surface area contributed by atoms with Crippen molar-refractivity contribution >= 4 is 0 Å². The van der Waals surface area contributed by atoms with Gasteiger partial charge in [-0.25, -0.2) is 0 Å². The molecule has 104 valence electrons. The van der Waals surface area contributed by atoms with E-state index >= 15 is 0 Å². The Kier molecular flexibility index (Phi) is 3.92. The molecule has 0 aliphatic carbocycles. The van der Waals surface area contributed by atoms with E-state index in [1.54, 1.807) is 0 Å². The molecular formula is C15H28N2O. The Morgan fingerprint density at radius 3 is 2.72 bits per heavy atom. The van der Waals surface area contributed by atoms with Crippen molar-refractivity contribution in [2.45, 2.75) is 69.6 Å². The number of nitrogens with one attached hydrogen (secondary N) is 2. The number of hydrogen-bond donors (Lipinski definition) is 2. The molecule has 0 aromatic carbocycles. The largest absolute Gasteiger partial charge is 0.374 e. The van der Waals surface area contributed by atoms with E-state index in [0.29, 0.717) is 0 Å². The summed E-state index contributed by atoms with van der Waals surface area (Å²) in [5.41, 5.74) is 0.118. The molecule has 0 radical (unpaired) electrons. The molecule has 0 saturated carbocycles. The van der Waals surface area contributed by atoms with Gasteiger partial charge in [0.25, 0.3) is 0 Å². The predicted octanol–water partition coefficient (Wildman–Crippen LogP) is 2.07. The van der Waals surface area contributed by atoms with Crippen molar-refractivity contribution in [3.8, 4) is 0 Å². The summed E-state index contributed by atoms with van der Waals surface area (Å²) < 4.78 is 5.80. The van der Waals surface area contributed by atoms with E-state index in [4.69, 9.17) is 4.74 Å². The van der Waals surface area contributed by atoms with Gasteiger partial charge in [-0.1, -0.05) is 0 Å². The molecule has 3 saturated heterocycles. The molecule has 0 amide bonds. The minimum atomic E-state index is 0.118. The number of ether oxygens (including phenoxy) is 1. The second kappa shape index (κ2) is 5.48. The Labute approximate surface area is 111 Å². The summed E-state index contributed by atoms with van der Waals surface area (Å²) in [6, 6.07) is 1.67. The van der Waals surface area contributed by atoms with E-state index in [1.807, 2.05) is 0 Å². The van der Waals surface area contributed by atoms with E-state index in [0.717, 1.165) is 31.2 Å². The fraction of sp³-hybridized carbons (Fsp3) is 1.00. The molecule has 2 bridgehead atoms. The highest BCUT2D eigenvalue weighted by Crippen LogP contribution is 2.32. The molecule has 3 aliphatic rings. The maximum atomic E-state index is 5.80. The Morgan fingerprint density at radius 1 is 1.28 bits per heavy atom. The van der Waals surface area contributed by atoms with Crippen molar-refractivity contribution in [1.29, 1.82) is 0 Å². The Balaban J connectivity index is 1.32. The molecule has 3 unspecified atom stereocenters. The maximum Gasteiger partial charge on any atom is 0.0779 e. The summed E-state index contributed by atoms with van der Waals surface area (Å²) in [6.07, 6.45) is 9.46. The van der Waals surface area contributed by atoms with Crippen LogP contribution in [-0.4, -0.2) is 37.4 Å². The fourth-order valence-corrected chi connectivity index (χ4v) is 4.05. The van der Waals surface area contributed by atoms with Gasteiger partial charge in [-0.3, -0.25) is 0 Å². The molecule has 0 aromatic heterocycles. The van der Waals surface area contributed by atoms with Gasteiger partial charge in [-0.05, 0) is 64.3 Å². The number of hydrogen-bond acceptors (Lipinski definition) is 3. The van der Waals surface area contributed by atoms with E-state index < -0.39 is 0 Å². The first-order valence-electron chi connectivity index (χ1n) is 7.84. The van der Waals surface area contributed by atoms with Crippen LogP contribution in [0.5, 0.6) is 0 Å². The maximum absolute atomic E-state index is 5.80. The average molecular weight is 252 g/mol. The van der Waals surface area contributed by atoms with Crippen LogP contribution in [-0.2, 0) is 4.74 Å². The summed E-state index contributed by atoms with van der Waals surface area (Å²) in [4.78, 5) is 0. The van der Waals surface area contributed by atoms with Crippen LogP contribution in [0.1, 0.15) is 51.9 Å². The van der Waals surface area contributed by atoms with Crippen LogP contribution < -0.4 is 10.6 Å². The van der Waals surface area contributed by atoms with Gasteiger partial charge in [-0.15, -0.1) is 0 Å². The van der Waals surface area contributed by atoms with E-state index in [-0.39, 0.29) is 5.60 Å². The first-order chi connectivity index (χ1) is 8.73. The highest BCUT2D eigenvalue weighted by molar-refractivity contribution is 4.92. The zero-order valence-electron chi connectivity index (χ0n) is 11.7. The average Bonchev–Trinajstić information content (AvgIpc) is 2.93. The lowest BCUT2D eigenvalue weighted by atomic mass is 9.89. The summed E-state index contributed by atoms with van der Waals surface area (Å²) in [5.74, 6) is 0.952. The van der Waals surface area contributed by atoms with Crippen LogP contribution in [0.15, 0.2) is 0 Å². The smallest absolute Gasteiger partial charge is 0.0779 e. The molecule has 3 heterocycles. The van der Waals surface area contributed by atoms with Gasteiger partial charge >= 0.3 is 0 Å². The molecule has 3 fully saturated rings. The quantitative estimate of drug-likeness (QED) is 0.735. The number of fused-ring (bicyclic) bond motifs is 2. The van der Waals surface area contributed by atoms with Crippen molar-refractivity contribution in [1.82, 2.24) is 10.6 Å². The van der Waals surface area contributed by atoms with E-state index in [9.17, 15) is 0 Å².